The van der Waals surface area contributed by atoms with E-state index in [1.54, 1.807) is 0 Å². The van der Waals surface area contributed by atoms with Crippen molar-refractivity contribution in [2.45, 2.75) is 12.8 Å². The smallest absolute Gasteiger partial charge is 0.215 e. The Labute approximate surface area is 55.4 Å². The number of halogens is 1. The Bertz CT molecular complexity index is 29.5. The molecule has 0 unspecified atom stereocenters. The molecule has 2 nitrogen and oxygen atoms in total. The van der Waals surface area contributed by atoms with E-state index < -0.39 is 0 Å². The normalized spacial score (nSPS) is 18.6. The maximum atomic E-state index is 4.64. The molecule has 4 heteroatoms. The Kier molecular flexibility index (Phi) is 7.52. The van der Waals surface area contributed by atoms with Gasteiger partial charge in [-0.3, -0.25) is 0 Å². The van der Waals surface area contributed by atoms with Crippen molar-refractivity contribution in [2.24, 2.45) is 0 Å². The van der Waals surface area contributed by atoms with Gasteiger partial charge in [-0.1, -0.05) is 0 Å². The topological polar surface area (TPSA) is 18.5 Å². The Morgan fingerprint density at radius 1 is 1.00 bits per heavy atom. The van der Waals surface area contributed by atoms with E-state index in [9.17, 15) is 0 Å². The van der Waals surface area contributed by atoms with Crippen molar-refractivity contribution in [3.63, 3.8) is 0 Å². The monoisotopic (exact) mass is 136 g/mol. The van der Waals surface area contributed by atoms with Gasteiger partial charge in [0.25, 0.3) is 0 Å². The van der Waals surface area contributed by atoms with Gasteiger partial charge in [0.2, 0.25) is 7.26 Å². The van der Waals surface area contributed by atoms with Crippen LogP contribution in [0.25, 0.3) is 0 Å². The predicted molar refractivity (Wildman–Crippen MR) is 35.5 cm³/mol. The second kappa shape index (κ2) is 7.27. The summed E-state index contributed by atoms with van der Waals surface area (Å²) in [6, 6.07) is 0. The molecular formula is C4H10BClO2. The highest BCUT2D eigenvalue weighted by atomic mass is 35.5. The first-order chi connectivity index (χ1) is 4.00. The van der Waals surface area contributed by atoms with Crippen molar-refractivity contribution < 1.29 is 9.78 Å². The minimum absolute atomic E-state index is 0.778. The molecule has 0 amide bonds. The van der Waals surface area contributed by atoms with E-state index in [0.717, 1.165) is 26.1 Å². The van der Waals surface area contributed by atoms with Crippen molar-refractivity contribution in [1.82, 2.24) is 0 Å². The zero-order chi connectivity index (χ0) is 6.24. The van der Waals surface area contributed by atoms with Crippen LogP contribution in [0.1, 0.15) is 12.8 Å². The van der Waals surface area contributed by atoms with Gasteiger partial charge >= 0.3 is 0 Å². The highest BCUT2D eigenvalue weighted by Gasteiger charge is 1.95. The van der Waals surface area contributed by atoms with E-state index >= 15 is 0 Å². The Morgan fingerprint density at radius 3 is 1.50 bits per heavy atom. The summed E-state index contributed by atoms with van der Waals surface area (Å²) in [4.78, 5) is 9.14. The summed E-state index contributed by atoms with van der Waals surface area (Å²) >= 11 is 4.64. The van der Waals surface area contributed by atoms with E-state index in [-0.39, 0.29) is 0 Å². The summed E-state index contributed by atoms with van der Waals surface area (Å²) in [5.74, 6) is 0. The Balaban J connectivity index is 0.000000222. The van der Waals surface area contributed by atoms with Gasteiger partial charge in [-0.15, -0.1) is 0 Å². The average molecular weight is 136 g/mol. The van der Waals surface area contributed by atoms with Crippen molar-refractivity contribution in [1.29, 1.82) is 0 Å². The van der Waals surface area contributed by atoms with Gasteiger partial charge in [-0.2, -0.15) is 0 Å². The fraction of sp³-hybridized carbons (Fsp3) is 1.00. The summed E-state index contributed by atoms with van der Waals surface area (Å²) in [6.07, 6.45) is 2.31. The van der Waals surface area contributed by atoms with Gasteiger partial charge in [-0.25, -0.2) is 21.2 Å². The molecule has 0 spiro atoms. The van der Waals surface area contributed by atoms with Crippen LogP contribution in [0.5, 0.6) is 0 Å². The lowest BCUT2D eigenvalue weighted by molar-refractivity contribution is -0.312. The lowest BCUT2D eigenvalue weighted by Crippen LogP contribution is -2.05. The van der Waals surface area contributed by atoms with E-state index in [2.05, 4.69) is 21.2 Å². The molecule has 1 rings (SSSR count). The quantitative estimate of drug-likeness (QED) is 0.357. The molecule has 1 saturated heterocycles. The molecule has 1 fully saturated rings. The third-order valence-corrected chi connectivity index (χ3v) is 0.789. The molecule has 1 aliphatic heterocycles. The zero-order valence-electron chi connectivity index (χ0n) is 5.02. The highest BCUT2D eigenvalue weighted by Crippen LogP contribution is 1.97. The van der Waals surface area contributed by atoms with Crippen LogP contribution < -0.4 is 0 Å². The molecule has 1 aliphatic rings. The van der Waals surface area contributed by atoms with Crippen LogP contribution in [0.2, 0.25) is 0 Å². The molecule has 8 heavy (non-hydrogen) atoms. The molecule has 0 aromatic heterocycles. The van der Waals surface area contributed by atoms with Gasteiger partial charge < -0.3 is 0 Å². The fourth-order valence-electron chi connectivity index (χ4n) is 0.440. The average Bonchev–Trinajstić information content (AvgIpc) is 1.96. The zero-order valence-corrected chi connectivity index (χ0v) is 5.78. The molecule has 0 bridgehead atoms. The molecule has 0 N–H and O–H groups in total. The third kappa shape index (κ3) is 4.43. The maximum Gasteiger partial charge on any atom is 0.215 e. The summed E-state index contributed by atoms with van der Waals surface area (Å²) < 4.78 is 0. The van der Waals surface area contributed by atoms with Crippen molar-refractivity contribution in [3.05, 3.63) is 0 Å². The van der Waals surface area contributed by atoms with Crippen LogP contribution in [-0.2, 0) is 9.78 Å². The van der Waals surface area contributed by atoms with E-state index in [1.807, 2.05) is 0 Å². The lowest BCUT2D eigenvalue weighted by atomic mass is 10.3. The predicted octanol–water partition coefficient (Wildman–Crippen LogP) is 0.502. The minimum Gasteiger partial charge on any atom is -0.237 e. The number of hydrogen-bond donors (Lipinski definition) is 0. The number of rotatable bonds is 0. The van der Waals surface area contributed by atoms with Crippen LogP contribution in [0.3, 0.4) is 0 Å². The van der Waals surface area contributed by atoms with Gasteiger partial charge in [0.1, 0.15) is 0 Å². The Morgan fingerprint density at radius 2 is 1.38 bits per heavy atom. The van der Waals surface area contributed by atoms with Gasteiger partial charge in [0.15, 0.2) is 0 Å². The van der Waals surface area contributed by atoms with Crippen LogP contribution in [0.4, 0.5) is 0 Å². The van der Waals surface area contributed by atoms with Crippen molar-refractivity contribution in [3.8, 4) is 0 Å². The van der Waals surface area contributed by atoms with E-state index in [0.29, 0.717) is 0 Å². The SMILES string of the molecule is BCl.C1CCOOC1. The minimum atomic E-state index is 0.778. The summed E-state index contributed by atoms with van der Waals surface area (Å²) in [7, 11) is 1.47. The highest BCUT2D eigenvalue weighted by molar-refractivity contribution is 6.80. The second-order valence-electron chi connectivity index (χ2n) is 1.35. The van der Waals surface area contributed by atoms with E-state index in [4.69, 9.17) is 0 Å². The van der Waals surface area contributed by atoms with Crippen LogP contribution >= 0.6 is 11.5 Å². The van der Waals surface area contributed by atoms with Crippen LogP contribution in [0.15, 0.2) is 0 Å². The first kappa shape index (κ1) is 8.27. The summed E-state index contributed by atoms with van der Waals surface area (Å²) in [5, 5.41) is 0. The molecule has 0 saturated carbocycles. The molecule has 0 radical (unpaired) electrons. The first-order valence-electron chi connectivity index (χ1n) is 2.62. The molecule has 0 aromatic carbocycles. The largest absolute Gasteiger partial charge is 0.237 e. The number of hydrogen-bond acceptors (Lipinski definition) is 2. The molecule has 48 valence electrons. The second-order valence-corrected chi connectivity index (χ2v) is 1.35. The van der Waals surface area contributed by atoms with Gasteiger partial charge in [-0.05, 0) is 12.8 Å². The van der Waals surface area contributed by atoms with Gasteiger partial charge in [0.05, 0.1) is 13.2 Å². The van der Waals surface area contributed by atoms with Crippen LogP contribution in [-0.4, -0.2) is 20.5 Å². The first-order valence-corrected chi connectivity index (χ1v) is 3.38. The molecule has 0 aliphatic carbocycles. The lowest BCUT2D eigenvalue weighted by Gasteiger charge is -2.07. The molecule has 0 aromatic rings. The molecular weight excluding hydrogens is 126 g/mol. The van der Waals surface area contributed by atoms with E-state index in [1.165, 1.54) is 7.26 Å². The maximum absolute atomic E-state index is 4.64. The molecule has 1 heterocycles. The molecule has 0 atom stereocenters. The summed E-state index contributed by atoms with van der Waals surface area (Å²) in [6.45, 7) is 1.56. The standard InChI is InChI=1S/C4H8O2.BClH2/c1-2-4-6-5-3-1;1-2/h1-4H2;1H2. The van der Waals surface area contributed by atoms with Crippen LogP contribution in [0, 0.1) is 0 Å². The Hall–Kier alpha value is 0.275. The van der Waals surface area contributed by atoms with Crippen molar-refractivity contribution in [2.75, 3.05) is 13.2 Å². The van der Waals surface area contributed by atoms with Crippen molar-refractivity contribution >= 4 is 18.7 Å². The van der Waals surface area contributed by atoms with Gasteiger partial charge in [0, 0.05) is 0 Å². The third-order valence-electron chi connectivity index (χ3n) is 0.789. The fourth-order valence-corrected chi connectivity index (χ4v) is 0.440. The summed E-state index contributed by atoms with van der Waals surface area (Å²) in [5.41, 5.74) is 0.